The van der Waals surface area contributed by atoms with Crippen molar-refractivity contribution < 1.29 is 13.6 Å². The zero-order valence-corrected chi connectivity index (χ0v) is 13.8. The van der Waals surface area contributed by atoms with Crippen LogP contribution in [0.4, 0.5) is 4.79 Å². The molecule has 2 aliphatic rings. The lowest BCUT2D eigenvalue weighted by atomic mass is 10.0. The maximum atomic E-state index is 11.8. The van der Waals surface area contributed by atoms with E-state index in [1.54, 1.807) is 6.26 Å². The number of rotatable bonds is 4. The minimum Gasteiger partial charge on any atom is -0.459 e. The third kappa shape index (κ3) is 2.91. The van der Waals surface area contributed by atoms with Crippen molar-refractivity contribution in [3.8, 4) is 11.7 Å². The Morgan fingerprint density at radius 2 is 2.17 bits per heavy atom. The van der Waals surface area contributed by atoms with E-state index in [4.69, 9.17) is 8.83 Å². The number of likely N-dealkylation sites (tertiary alicyclic amines) is 1. The predicted molar refractivity (Wildman–Crippen MR) is 87.3 cm³/mol. The normalized spacial score (nSPS) is 19.9. The molecule has 2 fully saturated rings. The molecule has 0 spiro atoms. The van der Waals surface area contributed by atoms with Gasteiger partial charge in [-0.15, -0.1) is 0 Å². The van der Waals surface area contributed by atoms with E-state index in [0.717, 1.165) is 57.0 Å². The molecular weight excluding hydrogens is 308 g/mol. The average Bonchev–Trinajstić information content (AvgIpc) is 3.31. The minimum atomic E-state index is 0.0869. The van der Waals surface area contributed by atoms with Gasteiger partial charge in [-0.25, -0.2) is 9.78 Å². The zero-order chi connectivity index (χ0) is 16.5. The number of nitrogens with zero attached hydrogens (tertiary/aromatic N) is 3. The van der Waals surface area contributed by atoms with Crippen LogP contribution in [0.5, 0.6) is 0 Å². The maximum Gasteiger partial charge on any atom is 0.317 e. The Morgan fingerprint density at radius 3 is 2.83 bits per heavy atom. The number of oxazole rings is 1. The summed E-state index contributed by atoms with van der Waals surface area (Å²) in [5.74, 6) is 2.03. The van der Waals surface area contributed by atoms with Crippen LogP contribution in [0, 0.1) is 6.92 Å². The molecule has 4 heterocycles. The molecule has 2 aliphatic heterocycles. The Hall–Kier alpha value is -2.28. The van der Waals surface area contributed by atoms with Gasteiger partial charge in [-0.1, -0.05) is 0 Å². The standard InChI is InChI=1S/C17H22N4O3/c1-12-14(19-16(24-12)15-3-2-10-23-15)11-20-7-4-13(5-8-20)21-9-6-18-17(21)22/h2-3,10,13H,4-9,11H2,1H3,(H,18,22). The van der Waals surface area contributed by atoms with E-state index >= 15 is 0 Å². The molecule has 0 aromatic carbocycles. The van der Waals surface area contributed by atoms with Gasteiger partial charge in [0, 0.05) is 38.8 Å². The average molecular weight is 330 g/mol. The summed E-state index contributed by atoms with van der Waals surface area (Å²) in [6.45, 7) is 6.25. The molecule has 24 heavy (non-hydrogen) atoms. The van der Waals surface area contributed by atoms with Gasteiger partial charge in [-0.2, -0.15) is 0 Å². The Labute approximate surface area is 140 Å². The summed E-state index contributed by atoms with van der Waals surface area (Å²) in [7, 11) is 0. The highest BCUT2D eigenvalue weighted by atomic mass is 16.4. The quantitative estimate of drug-likeness (QED) is 0.930. The molecule has 4 rings (SSSR count). The topological polar surface area (TPSA) is 74.8 Å². The molecule has 7 nitrogen and oxygen atoms in total. The van der Waals surface area contributed by atoms with Gasteiger partial charge in [0.1, 0.15) is 5.76 Å². The molecule has 0 bridgehead atoms. The van der Waals surface area contributed by atoms with Crippen LogP contribution in [0.15, 0.2) is 27.2 Å². The van der Waals surface area contributed by atoms with Crippen molar-refractivity contribution in [1.82, 2.24) is 20.1 Å². The molecule has 0 saturated carbocycles. The Morgan fingerprint density at radius 1 is 1.33 bits per heavy atom. The molecule has 7 heteroatoms. The van der Waals surface area contributed by atoms with E-state index in [1.807, 2.05) is 24.0 Å². The van der Waals surface area contributed by atoms with Crippen LogP contribution in [0.1, 0.15) is 24.3 Å². The van der Waals surface area contributed by atoms with Gasteiger partial charge in [-0.3, -0.25) is 4.90 Å². The van der Waals surface area contributed by atoms with Gasteiger partial charge in [0.05, 0.1) is 12.0 Å². The first-order valence-corrected chi connectivity index (χ1v) is 8.48. The number of hydrogen-bond donors (Lipinski definition) is 1. The second kappa shape index (κ2) is 6.32. The van der Waals surface area contributed by atoms with Crippen LogP contribution in [0.2, 0.25) is 0 Å². The predicted octanol–water partition coefficient (Wildman–Crippen LogP) is 2.23. The first-order chi connectivity index (χ1) is 11.7. The maximum absolute atomic E-state index is 11.8. The van der Waals surface area contributed by atoms with Crippen molar-refractivity contribution in [1.29, 1.82) is 0 Å². The Balaban J connectivity index is 1.36. The van der Waals surface area contributed by atoms with Gasteiger partial charge in [0.2, 0.25) is 0 Å². The molecule has 0 radical (unpaired) electrons. The fourth-order valence-electron chi connectivity index (χ4n) is 3.52. The third-order valence-corrected chi connectivity index (χ3v) is 4.89. The highest BCUT2D eigenvalue weighted by Gasteiger charge is 2.31. The largest absolute Gasteiger partial charge is 0.459 e. The summed E-state index contributed by atoms with van der Waals surface area (Å²) >= 11 is 0. The van der Waals surface area contributed by atoms with Crippen molar-refractivity contribution in [2.45, 2.75) is 32.4 Å². The fourth-order valence-corrected chi connectivity index (χ4v) is 3.52. The molecule has 128 valence electrons. The molecule has 2 aromatic rings. The lowest BCUT2D eigenvalue weighted by molar-refractivity contribution is 0.131. The summed E-state index contributed by atoms with van der Waals surface area (Å²) in [5, 5.41) is 2.88. The van der Waals surface area contributed by atoms with Crippen molar-refractivity contribution in [2.24, 2.45) is 0 Å². The SMILES string of the molecule is Cc1oc(-c2ccco2)nc1CN1CCC(N2CCNC2=O)CC1. The molecule has 0 aliphatic carbocycles. The molecule has 2 aromatic heterocycles. The number of carbonyl (C=O) groups is 1. The molecular formula is C17H22N4O3. The van der Waals surface area contributed by atoms with Gasteiger partial charge < -0.3 is 19.1 Å². The summed E-state index contributed by atoms with van der Waals surface area (Å²) in [6, 6.07) is 4.12. The summed E-state index contributed by atoms with van der Waals surface area (Å²) in [5.41, 5.74) is 0.957. The Bertz CT molecular complexity index is 701. The number of piperidine rings is 1. The molecule has 0 unspecified atom stereocenters. The van der Waals surface area contributed by atoms with Gasteiger partial charge >= 0.3 is 6.03 Å². The second-order valence-corrected chi connectivity index (χ2v) is 6.43. The number of aromatic nitrogens is 1. The lowest BCUT2D eigenvalue weighted by Gasteiger charge is -2.35. The number of aryl methyl sites for hydroxylation is 1. The number of urea groups is 1. The van der Waals surface area contributed by atoms with Crippen LogP contribution in [0.25, 0.3) is 11.7 Å². The zero-order valence-electron chi connectivity index (χ0n) is 13.8. The highest BCUT2D eigenvalue weighted by molar-refractivity contribution is 5.76. The van der Waals surface area contributed by atoms with Crippen molar-refractivity contribution in [2.75, 3.05) is 26.2 Å². The third-order valence-electron chi connectivity index (χ3n) is 4.89. The number of hydrogen-bond acceptors (Lipinski definition) is 5. The van der Waals surface area contributed by atoms with Crippen molar-refractivity contribution in [3.05, 3.63) is 29.9 Å². The van der Waals surface area contributed by atoms with Crippen LogP contribution in [-0.4, -0.2) is 53.0 Å². The van der Waals surface area contributed by atoms with Crippen LogP contribution in [-0.2, 0) is 6.54 Å². The number of amides is 2. The monoisotopic (exact) mass is 330 g/mol. The summed E-state index contributed by atoms with van der Waals surface area (Å²) < 4.78 is 11.1. The van der Waals surface area contributed by atoms with E-state index in [0.29, 0.717) is 17.7 Å². The van der Waals surface area contributed by atoms with Gasteiger partial charge in [-0.05, 0) is 31.9 Å². The number of carbonyl (C=O) groups excluding carboxylic acids is 1. The van der Waals surface area contributed by atoms with E-state index in [-0.39, 0.29) is 6.03 Å². The van der Waals surface area contributed by atoms with Crippen LogP contribution < -0.4 is 5.32 Å². The highest BCUT2D eigenvalue weighted by Crippen LogP contribution is 2.24. The number of furan rings is 1. The van der Waals surface area contributed by atoms with Gasteiger partial charge in [0.15, 0.2) is 5.76 Å². The number of nitrogens with one attached hydrogen (secondary N) is 1. The fraction of sp³-hybridized carbons (Fsp3) is 0.529. The van der Waals surface area contributed by atoms with Crippen molar-refractivity contribution >= 4 is 6.03 Å². The van der Waals surface area contributed by atoms with Crippen LogP contribution in [0.3, 0.4) is 0 Å². The summed E-state index contributed by atoms with van der Waals surface area (Å²) in [6.07, 6.45) is 3.64. The molecule has 1 N–H and O–H groups in total. The summed E-state index contributed by atoms with van der Waals surface area (Å²) in [4.78, 5) is 20.7. The van der Waals surface area contributed by atoms with Crippen molar-refractivity contribution in [3.63, 3.8) is 0 Å². The first-order valence-electron chi connectivity index (χ1n) is 8.48. The first kappa shape index (κ1) is 15.3. The van der Waals surface area contributed by atoms with Gasteiger partial charge in [0.25, 0.3) is 5.89 Å². The molecule has 2 amide bonds. The lowest BCUT2D eigenvalue weighted by Crippen LogP contribution is -2.45. The van der Waals surface area contributed by atoms with Crippen LogP contribution >= 0.6 is 0 Å². The van der Waals surface area contributed by atoms with E-state index in [9.17, 15) is 4.79 Å². The van der Waals surface area contributed by atoms with E-state index in [2.05, 4.69) is 15.2 Å². The minimum absolute atomic E-state index is 0.0869. The second-order valence-electron chi connectivity index (χ2n) is 6.43. The molecule has 2 saturated heterocycles. The van der Waals surface area contributed by atoms with E-state index < -0.39 is 0 Å². The Kier molecular flexibility index (Phi) is 4.02. The smallest absolute Gasteiger partial charge is 0.317 e. The molecule has 0 atom stereocenters. The van der Waals surface area contributed by atoms with E-state index in [1.165, 1.54) is 0 Å².